The number of imide groups is 1. The lowest BCUT2D eigenvalue weighted by atomic mass is 10.2. The molecule has 1 heterocycles. The van der Waals surface area contributed by atoms with Crippen molar-refractivity contribution in [2.45, 2.75) is 44.6 Å². The van der Waals surface area contributed by atoms with Crippen LogP contribution in [0.15, 0.2) is 29.1 Å². The van der Waals surface area contributed by atoms with Crippen LogP contribution in [0.4, 0.5) is 4.79 Å². The number of rotatable bonds is 6. The van der Waals surface area contributed by atoms with Gasteiger partial charge in [0, 0.05) is 19.5 Å². The van der Waals surface area contributed by atoms with Gasteiger partial charge in [-0.15, -0.1) is 0 Å². The maximum Gasteiger partial charge on any atom is 0.321 e. The second-order valence-electron chi connectivity index (χ2n) is 7.07. The van der Waals surface area contributed by atoms with Crippen LogP contribution in [0.3, 0.4) is 0 Å². The molecule has 0 bridgehead atoms. The van der Waals surface area contributed by atoms with E-state index < -0.39 is 24.5 Å². The molecule has 9 heteroatoms. The van der Waals surface area contributed by atoms with Crippen molar-refractivity contribution in [3.8, 4) is 0 Å². The molecule has 1 aliphatic rings. The molecule has 0 spiro atoms. The van der Waals surface area contributed by atoms with E-state index in [1.807, 2.05) is 0 Å². The summed E-state index contributed by atoms with van der Waals surface area (Å²) < 4.78 is 6.31. The normalized spacial score (nSPS) is 14.0. The quantitative estimate of drug-likeness (QED) is 0.703. The molecule has 1 aromatic heterocycles. The number of para-hydroxylation sites is 1. The molecule has 1 aliphatic carbocycles. The van der Waals surface area contributed by atoms with Crippen molar-refractivity contribution in [3.63, 3.8) is 0 Å². The number of aryl methyl sites for hydroxylation is 1. The summed E-state index contributed by atoms with van der Waals surface area (Å²) in [6, 6.07) is 6.50. The number of carbonyl (C=O) groups excluding carboxylic acids is 3. The molecule has 1 aromatic carbocycles. The first-order valence-corrected chi connectivity index (χ1v) is 9.64. The Balaban J connectivity index is 1.45. The van der Waals surface area contributed by atoms with Crippen molar-refractivity contribution in [3.05, 3.63) is 40.4 Å². The van der Waals surface area contributed by atoms with Crippen molar-refractivity contribution < 1.29 is 19.1 Å². The molecule has 154 valence electrons. The van der Waals surface area contributed by atoms with E-state index in [0.29, 0.717) is 16.7 Å². The third kappa shape index (κ3) is 5.40. The summed E-state index contributed by atoms with van der Waals surface area (Å²) in [7, 11) is 1.60. The van der Waals surface area contributed by atoms with E-state index in [2.05, 4.69) is 15.6 Å². The number of fused-ring (bicyclic) bond motifs is 1. The molecule has 0 saturated heterocycles. The number of carbonyl (C=O) groups is 3. The molecule has 1 saturated carbocycles. The average molecular weight is 400 g/mol. The number of amides is 3. The summed E-state index contributed by atoms with van der Waals surface area (Å²) in [6.45, 7) is -0.541. The molecule has 9 nitrogen and oxygen atoms in total. The van der Waals surface area contributed by atoms with Gasteiger partial charge in [0.05, 0.1) is 17.3 Å². The van der Waals surface area contributed by atoms with E-state index >= 15 is 0 Å². The fourth-order valence-electron chi connectivity index (χ4n) is 3.37. The fourth-order valence-corrected chi connectivity index (χ4v) is 3.37. The van der Waals surface area contributed by atoms with Crippen LogP contribution in [-0.4, -0.2) is 40.1 Å². The van der Waals surface area contributed by atoms with E-state index in [4.69, 9.17) is 4.74 Å². The van der Waals surface area contributed by atoms with Crippen LogP contribution in [0, 0.1) is 0 Å². The molecular formula is C20H24N4O5. The van der Waals surface area contributed by atoms with Gasteiger partial charge in [-0.05, 0) is 25.0 Å². The first kappa shape index (κ1) is 20.5. The number of aromatic nitrogens is 2. The lowest BCUT2D eigenvalue weighted by Crippen LogP contribution is -2.45. The van der Waals surface area contributed by atoms with Crippen LogP contribution >= 0.6 is 0 Å². The zero-order valence-corrected chi connectivity index (χ0v) is 16.3. The Labute approximate surface area is 167 Å². The highest BCUT2D eigenvalue weighted by molar-refractivity contribution is 5.95. The minimum atomic E-state index is -0.690. The van der Waals surface area contributed by atoms with Gasteiger partial charge < -0.3 is 10.1 Å². The Morgan fingerprint density at radius 3 is 2.69 bits per heavy atom. The monoisotopic (exact) mass is 400 g/mol. The predicted molar refractivity (Wildman–Crippen MR) is 105 cm³/mol. The molecule has 0 aliphatic heterocycles. The SMILES string of the molecule is Cn1c(CCC(=O)OCC(=O)NC(=O)NC2CCCC2)nc2ccccc2c1=O. The standard InChI is InChI=1S/C20H24N4O5/c1-24-16(22-15-9-5-4-8-14(15)19(24)27)10-11-18(26)29-12-17(25)23-20(28)21-13-6-2-3-7-13/h4-5,8-9,13H,2-3,6-7,10-12H2,1H3,(H2,21,23,25,28). The zero-order chi connectivity index (χ0) is 20.8. The Bertz CT molecular complexity index is 978. The largest absolute Gasteiger partial charge is 0.456 e. The molecule has 29 heavy (non-hydrogen) atoms. The first-order valence-electron chi connectivity index (χ1n) is 9.64. The van der Waals surface area contributed by atoms with Gasteiger partial charge in [0.25, 0.3) is 11.5 Å². The first-order chi connectivity index (χ1) is 13.9. The minimum absolute atomic E-state index is 0.0415. The average Bonchev–Trinajstić information content (AvgIpc) is 3.21. The Kier molecular flexibility index (Phi) is 6.58. The highest BCUT2D eigenvalue weighted by Gasteiger charge is 2.19. The third-order valence-electron chi connectivity index (χ3n) is 4.94. The number of nitrogens with one attached hydrogen (secondary N) is 2. The van der Waals surface area contributed by atoms with Gasteiger partial charge in [-0.2, -0.15) is 0 Å². The number of esters is 1. The second-order valence-corrected chi connectivity index (χ2v) is 7.07. The van der Waals surface area contributed by atoms with Crippen LogP contribution in [0.2, 0.25) is 0 Å². The maximum absolute atomic E-state index is 12.4. The number of hydrogen-bond donors (Lipinski definition) is 2. The van der Waals surface area contributed by atoms with Gasteiger partial charge in [-0.25, -0.2) is 9.78 Å². The molecule has 0 radical (unpaired) electrons. The highest BCUT2D eigenvalue weighted by atomic mass is 16.5. The summed E-state index contributed by atoms with van der Waals surface area (Å²) in [4.78, 5) is 52.2. The van der Waals surface area contributed by atoms with Crippen molar-refractivity contribution >= 4 is 28.8 Å². The molecule has 0 unspecified atom stereocenters. The molecule has 2 aromatic rings. The van der Waals surface area contributed by atoms with Crippen molar-refractivity contribution in [1.29, 1.82) is 0 Å². The van der Waals surface area contributed by atoms with Crippen LogP contribution in [-0.2, 0) is 27.8 Å². The maximum atomic E-state index is 12.4. The van der Waals surface area contributed by atoms with Crippen molar-refractivity contribution in [1.82, 2.24) is 20.2 Å². The van der Waals surface area contributed by atoms with E-state index in [1.165, 1.54) is 4.57 Å². The fraction of sp³-hybridized carbons (Fsp3) is 0.450. The number of benzene rings is 1. The summed E-state index contributed by atoms with van der Waals surface area (Å²) in [5, 5.41) is 5.38. The van der Waals surface area contributed by atoms with Crippen LogP contribution in [0.1, 0.15) is 37.9 Å². The predicted octanol–water partition coefficient (Wildman–Crippen LogP) is 1.18. The Morgan fingerprint density at radius 1 is 1.21 bits per heavy atom. The van der Waals surface area contributed by atoms with Crippen LogP contribution < -0.4 is 16.2 Å². The molecule has 1 fully saturated rings. The van der Waals surface area contributed by atoms with Crippen LogP contribution in [0.25, 0.3) is 10.9 Å². The second kappa shape index (κ2) is 9.31. The zero-order valence-electron chi connectivity index (χ0n) is 16.3. The molecule has 3 amide bonds. The number of ether oxygens (including phenoxy) is 1. The number of nitrogens with zero attached hydrogens (tertiary/aromatic N) is 2. The van der Waals surface area contributed by atoms with E-state index in [9.17, 15) is 19.2 Å². The molecule has 2 N–H and O–H groups in total. The lowest BCUT2D eigenvalue weighted by molar-refractivity contribution is -0.148. The van der Waals surface area contributed by atoms with E-state index in [0.717, 1.165) is 25.7 Å². The smallest absolute Gasteiger partial charge is 0.321 e. The van der Waals surface area contributed by atoms with Crippen molar-refractivity contribution in [2.24, 2.45) is 7.05 Å². The topological polar surface area (TPSA) is 119 Å². The van der Waals surface area contributed by atoms with E-state index in [-0.39, 0.29) is 24.4 Å². The van der Waals surface area contributed by atoms with Gasteiger partial charge >= 0.3 is 12.0 Å². The van der Waals surface area contributed by atoms with Gasteiger partial charge in [-0.3, -0.25) is 24.3 Å². The number of urea groups is 1. The Morgan fingerprint density at radius 2 is 1.93 bits per heavy atom. The highest BCUT2D eigenvalue weighted by Crippen LogP contribution is 2.17. The Hall–Kier alpha value is -3.23. The summed E-state index contributed by atoms with van der Waals surface area (Å²) in [5.74, 6) is -0.852. The summed E-state index contributed by atoms with van der Waals surface area (Å²) in [5.41, 5.74) is 0.373. The minimum Gasteiger partial charge on any atom is -0.456 e. The van der Waals surface area contributed by atoms with Gasteiger partial charge in [0.1, 0.15) is 5.82 Å². The van der Waals surface area contributed by atoms with Gasteiger partial charge in [0.15, 0.2) is 6.61 Å². The lowest BCUT2D eigenvalue weighted by Gasteiger charge is -2.12. The number of hydrogen-bond acceptors (Lipinski definition) is 6. The summed E-state index contributed by atoms with van der Waals surface area (Å²) >= 11 is 0. The van der Waals surface area contributed by atoms with Gasteiger partial charge in [-0.1, -0.05) is 25.0 Å². The summed E-state index contributed by atoms with van der Waals surface area (Å²) in [6.07, 6.45) is 4.09. The third-order valence-corrected chi connectivity index (χ3v) is 4.94. The molecule has 3 rings (SSSR count). The molecule has 0 atom stereocenters. The molecular weight excluding hydrogens is 376 g/mol. The van der Waals surface area contributed by atoms with Gasteiger partial charge in [0.2, 0.25) is 0 Å². The van der Waals surface area contributed by atoms with Crippen molar-refractivity contribution in [2.75, 3.05) is 6.61 Å². The van der Waals surface area contributed by atoms with Crippen LogP contribution in [0.5, 0.6) is 0 Å². The van der Waals surface area contributed by atoms with E-state index in [1.54, 1.807) is 31.3 Å².